The van der Waals surface area contributed by atoms with Gasteiger partial charge in [0.15, 0.2) is 6.61 Å². The van der Waals surface area contributed by atoms with Gasteiger partial charge in [0.25, 0.3) is 5.91 Å². The monoisotopic (exact) mass is 461 g/mol. The third kappa shape index (κ3) is 4.86. The van der Waals surface area contributed by atoms with E-state index < -0.39 is 23.0 Å². The zero-order valence-corrected chi connectivity index (χ0v) is 18.2. The van der Waals surface area contributed by atoms with Gasteiger partial charge in [0.1, 0.15) is 11.6 Å². The molecule has 32 heavy (non-hydrogen) atoms. The first-order valence-corrected chi connectivity index (χ1v) is 10.9. The van der Waals surface area contributed by atoms with Crippen LogP contribution < -0.4 is 15.4 Å². The van der Waals surface area contributed by atoms with Crippen LogP contribution >= 0.6 is 11.6 Å². The predicted molar refractivity (Wildman–Crippen MR) is 116 cm³/mol. The zero-order chi connectivity index (χ0) is 22.8. The Morgan fingerprint density at radius 1 is 1.12 bits per heavy atom. The number of pyridine rings is 1. The minimum Gasteiger partial charge on any atom is -0.484 e. The second-order valence-electron chi connectivity index (χ2n) is 8.65. The Balaban J connectivity index is 1.31. The Morgan fingerprint density at radius 3 is 2.50 bits per heavy atom. The van der Waals surface area contributed by atoms with E-state index in [1.165, 1.54) is 12.1 Å². The van der Waals surface area contributed by atoms with Gasteiger partial charge in [-0.05, 0) is 61.9 Å². The van der Waals surface area contributed by atoms with Crippen molar-refractivity contribution < 1.29 is 23.8 Å². The fourth-order valence-electron chi connectivity index (χ4n) is 4.72. The molecule has 9 heteroatoms. The summed E-state index contributed by atoms with van der Waals surface area (Å²) in [6, 6.07) is 7.56. The van der Waals surface area contributed by atoms with E-state index >= 15 is 0 Å². The SMILES string of the molecule is O=C(COc1ccc(Cl)c(F)c1)NC12CCC(NC(=O)Cc3ccncc3)(CC1)[C@@H](O)C2. The van der Waals surface area contributed by atoms with Gasteiger partial charge in [0, 0.05) is 24.0 Å². The van der Waals surface area contributed by atoms with Crippen LogP contribution in [0.3, 0.4) is 0 Å². The highest BCUT2D eigenvalue weighted by Gasteiger charge is 2.55. The summed E-state index contributed by atoms with van der Waals surface area (Å²) in [5.41, 5.74) is -0.353. The molecule has 3 saturated carbocycles. The van der Waals surface area contributed by atoms with Crippen LogP contribution in [0.4, 0.5) is 4.39 Å². The number of hydrogen-bond acceptors (Lipinski definition) is 5. The lowest BCUT2D eigenvalue weighted by Gasteiger charge is -2.56. The van der Waals surface area contributed by atoms with Crippen molar-refractivity contribution in [3.8, 4) is 5.75 Å². The molecule has 3 N–H and O–H groups in total. The Kier molecular flexibility index (Phi) is 6.35. The van der Waals surface area contributed by atoms with Crippen molar-refractivity contribution in [3.63, 3.8) is 0 Å². The van der Waals surface area contributed by atoms with Crippen molar-refractivity contribution in [1.29, 1.82) is 0 Å². The number of ether oxygens (including phenoxy) is 1. The number of aromatic nitrogens is 1. The normalized spacial score (nSPS) is 26.4. The number of amides is 2. The minimum atomic E-state index is -0.766. The molecule has 3 aliphatic carbocycles. The van der Waals surface area contributed by atoms with Gasteiger partial charge < -0.3 is 20.5 Å². The number of nitrogens with one attached hydrogen (secondary N) is 2. The number of aliphatic hydroxyl groups is 1. The number of benzene rings is 1. The molecule has 3 fully saturated rings. The van der Waals surface area contributed by atoms with Crippen LogP contribution in [0, 0.1) is 5.82 Å². The van der Waals surface area contributed by atoms with Crippen molar-refractivity contribution >= 4 is 23.4 Å². The third-order valence-corrected chi connectivity index (χ3v) is 6.80. The molecule has 2 bridgehead atoms. The Morgan fingerprint density at radius 2 is 1.84 bits per heavy atom. The fraction of sp³-hybridized carbons (Fsp3) is 0.435. The molecule has 2 amide bonds. The van der Waals surface area contributed by atoms with Crippen molar-refractivity contribution in [2.45, 2.75) is 55.7 Å². The number of aliphatic hydroxyl groups excluding tert-OH is 1. The van der Waals surface area contributed by atoms with E-state index in [-0.39, 0.29) is 35.6 Å². The van der Waals surface area contributed by atoms with Crippen LogP contribution in [0.25, 0.3) is 0 Å². The van der Waals surface area contributed by atoms with Crippen LogP contribution in [0.2, 0.25) is 5.02 Å². The summed E-state index contributed by atoms with van der Waals surface area (Å²) >= 11 is 5.65. The van der Waals surface area contributed by atoms with Crippen molar-refractivity contribution in [1.82, 2.24) is 15.6 Å². The summed E-state index contributed by atoms with van der Waals surface area (Å²) < 4.78 is 18.9. The molecule has 0 radical (unpaired) electrons. The van der Waals surface area contributed by atoms with Gasteiger partial charge in [-0.1, -0.05) is 11.6 Å². The average molecular weight is 462 g/mol. The third-order valence-electron chi connectivity index (χ3n) is 6.49. The number of fused-ring (bicyclic) bond motifs is 3. The Bertz CT molecular complexity index is 996. The molecule has 5 rings (SSSR count). The van der Waals surface area contributed by atoms with Gasteiger partial charge in [-0.2, -0.15) is 0 Å². The maximum absolute atomic E-state index is 13.5. The molecular weight excluding hydrogens is 437 g/mol. The van der Waals surface area contributed by atoms with E-state index in [0.717, 1.165) is 11.6 Å². The van der Waals surface area contributed by atoms with Gasteiger partial charge in [-0.3, -0.25) is 14.6 Å². The summed E-state index contributed by atoms with van der Waals surface area (Å²) in [5, 5.41) is 16.9. The zero-order valence-electron chi connectivity index (χ0n) is 17.4. The van der Waals surface area contributed by atoms with E-state index in [2.05, 4.69) is 15.6 Å². The molecule has 1 heterocycles. The molecular formula is C23H25ClFN3O4. The molecule has 170 valence electrons. The lowest BCUT2D eigenvalue weighted by Crippen LogP contribution is -2.70. The Labute approximate surface area is 190 Å². The second kappa shape index (κ2) is 9.03. The van der Waals surface area contributed by atoms with Crippen LogP contribution in [-0.4, -0.2) is 45.7 Å². The molecule has 0 spiro atoms. The largest absolute Gasteiger partial charge is 0.484 e. The minimum absolute atomic E-state index is 0.0181. The lowest BCUT2D eigenvalue weighted by atomic mass is 9.60. The number of carbonyl (C=O) groups excluding carboxylic acids is 2. The van der Waals surface area contributed by atoms with Gasteiger partial charge >= 0.3 is 0 Å². The number of hydrogen-bond donors (Lipinski definition) is 3. The Hall–Kier alpha value is -2.71. The van der Waals surface area contributed by atoms with Crippen molar-refractivity contribution in [3.05, 3.63) is 59.1 Å². The summed E-state index contributed by atoms with van der Waals surface area (Å²) in [6.07, 6.45) is 5.51. The summed E-state index contributed by atoms with van der Waals surface area (Å²) in [7, 11) is 0. The van der Waals surface area contributed by atoms with Crippen LogP contribution in [0.1, 0.15) is 37.7 Å². The van der Waals surface area contributed by atoms with E-state index in [4.69, 9.17) is 16.3 Å². The molecule has 2 aromatic rings. The lowest BCUT2D eigenvalue weighted by molar-refractivity contribution is -0.135. The highest BCUT2D eigenvalue weighted by atomic mass is 35.5. The van der Waals surface area contributed by atoms with E-state index in [1.54, 1.807) is 24.5 Å². The van der Waals surface area contributed by atoms with Crippen LogP contribution in [0.5, 0.6) is 5.75 Å². The molecule has 0 aliphatic heterocycles. The molecule has 0 unspecified atom stereocenters. The van der Waals surface area contributed by atoms with Gasteiger partial charge in [-0.15, -0.1) is 0 Å². The van der Waals surface area contributed by atoms with E-state index in [0.29, 0.717) is 32.1 Å². The molecule has 1 atom stereocenters. The highest BCUT2D eigenvalue weighted by molar-refractivity contribution is 6.30. The van der Waals surface area contributed by atoms with E-state index in [1.807, 2.05) is 0 Å². The first-order valence-electron chi connectivity index (χ1n) is 10.6. The van der Waals surface area contributed by atoms with Gasteiger partial charge in [-0.25, -0.2) is 4.39 Å². The molecule has 0 saturated heterocycles. The topological polar surface area (TPSA) is 101 Å². The quantitative estimate of drug-likeness (QED) is 0.588. The van der Waals surface area contributed by atoms with Crippen molar-refractivity contribution in [2.24, 2.45) is 0 Å². The first kappa shape index (κ1) is 22.5. The van der Waals surface area contributed by atoms with Crippen molar-refractivity contribution in [2.75, 3.05) is 6.61 Å². The number of rotatable bonds is 7. The number of halogens is 2. The van der Waals surface area contributed by atoms with Crippen LogP contribution in [0.15, 0.2) is 42.7 Å². The first-order chi connectivity index (χ1) is 15.3. The number of nitrogens with zero attached hydrogens (tertiary/aromatic N) is 1. The summed E-state index contributed by atoms with van der Waals surface area (Å²) in [5.74, 6) is -0.892. The molecule has 1 aromatic carbocycles. The fourth-order valence-corrected chi connectivity index (χ4v) is 4.83. The maximum Gasteiger partial charge on any atom is 0.258 e. The molecule has 1 aromatic heterocycles. The van der Waals surface area contributed by atoms with Crippen LogP contribution in [-0.2, 0) is 16.0 Å². The highest BCUT2D eigenvalue weighted by Crippen LogP contribution is 2.47. The smallest absolute Gasteiger partial charge is 0.258 e. The van der Waals surface area contributed by atoms with Gasteiger partial charge in [0.05, 0.1) is 23.1 Å². The average Bonchev–Trinajstić information content (AvgIpc) is 2.76. The van der Waals surface area contributed by atoms with Gasteiger partial charge in [0.2, 0.25) is 5.91 Å². The summed E-state index contributed by atoms with van der Waals surface area (Å²) in [4.78, 5) is 29.0. The maximum atomic E-state index is 13.5. The molecule has 3 aliphatic rings. The standard InChI is InChI=1S/C23H25ClFN3O4/c24-17-2-1-16(12-18(17)25)32-14-21(31)27-22-5-7-23(8-6-22,19(29)13-22)28-20(30)11-15-3-9-26-10-4-15/h1-4,9-10,12,19,29H,5-8,11,13-14H2,(H,27,31)(H,28,30)/t19-,22?,23?/m0/s1. The predicted octanol–water partition coefficient (Wildman–Crippen LogP) is 2.54. The number of carbonyl (C=O) groups is 2. The molecule has 7 nitrogen and oxygen atoms in total. The second-order valence-corrected chi connectivity index (χ2v) is 9.06. The van der Waals surface area contributed by atoms with E-state index in [9.17, 15) is 19.1 Å². The summed E-state index contributed by atoms with van der Waals surface area (Å²) in [6.45, 7) is -0.271.